The van der Waals surface area contributed by atoms with Crippen molar-refractivity contribution in [3.8, 4) is 0 Å². The second-order valence-electron chi connectivity index (χ2n) is 6.26. The van der Waals surface area contributed by atoms with Crippen LogP contribution in [-0.2, 0) is 9.59 Å². The van der Waals surface area contributed by atoms with Gasteiger partial charge < -0.3 is 15.1 Å². The van der Waals surface area contributed by atoms with Gasteiger partial charge in [0.1, 0.15) is 6.04 Å². The van der Waals surface area contributed by atoms with Crippen LogP contribution < -0.4 is 5.32 Å². The average molecular weight is 281 g/mol. The molecule has 2 aliphatic rings. The number of likely N-dealkylation sites (N-methyl/N-ethyl adjacent to an activating group) is 1. The molecule has 0 spiro atoms. The molecule has 20 heavy (non-hydrogen) atoms. The summed E-state index contributed by atoms with van der Waals surface area (Å²) in [6.45, 7) is 9.81. The number of hydrogen-bond acceptors (Lipinski definition) is 3. The van der Waals surface area contributed by atoms with E-state index in [1.54, 1.807) is 0 Å². The van der Waals surface area contributed by atoms with Crippen molar-refractivity contribution in [3.05, 3.63) is 0 Å². The first-order valence-electron chi connectivity index (χ1n) is 7.85. The standard InChI is InChI=1S/C15H27N3O2/c1-4-17-8-5-6-12(10-17)18-9-7-13(19)16-14(11(2)3)15(18)20/h11-12,14H,4-10H2,1-3H3,(H,16,19). The van der Waals surface area contributed by atoms with Crippen molar-refractivity contribution in [2.24, 2.45) is 5.92 Å². The largest absolute Gasteiger partial charge is 0.344 e. The second-order valence-corrected chi connectivity index (χ2v) is 6.26. The molecule has 5 heteroatoms. The van der Waals surface area contributed by atoms with Crippen LogP contribution in [0, 0.1) is 5.92 Å². The van der Waals surface area contributed by atoms with Gasteiger partial charge in [-0.3, -0.25) is 9.59 Å². The number of hydrogen-bond donors (Lipinski definition) is 1. The molecule has 0 radical (unpaired) electrons. The van der Waals surface area contributed by atoms with E-state index in [1.807, 2.05) is 18.7 Å². The summed E-state index contributed by atoms with van der Waals surface area (Å²) < 4.78 is 0. The first-order valence-corrected chi connectivity index (χ1v) is 7.85. The highest BCUT2D eigenvalue weighted by atomic mass is 16.2. The third-order valence-corrected chi connectivity index (χ3v) is 4.48. The number of carbonyl (C=O) groups is 2. The number of rotatable bonds is 3. The molecule has 2 atom stereocenters. The van der Waals surface area contributed by atoms with Gasteiger partial charge >= 0.3 is 0 Å². The number of piperidine rings is 1. The summed E-state index contributed by atoms with van der Waals surface area (Å²) >= 11 is 0. The predicted octanol–water partition coefficient (Wildman–Crippen LogP) is 0.844. The fraction of sp³-hybridized carbons (Fsp3) is 0.867. The molecular weight excluding hydrogens is 254 g/mol. The first-order chi connectivity index (χ1) is 9.52. The summed E-state index contributed by atoms with van der Waals surface area (Å²) in [5, 5.41) is 2.88. The molecule has 5 nitrogen and oxygen atoms in total. The van der Waals surface area contributed by atoms with Gasteiger partial charge in [0.25, 0.3) is 0 Å². The lowest BCUT2D eigenvalue weighted by molar-refractivity contribution is -0.137. The Hall–Kier alpha value is -1.10. The SMILES string of the molecule is CCN1CCCC(N2CCC(=O)NC(C(C)C)C2=O)C1. The molecule has 2 saturated heterocycles. The molecule has 2 unspecified atom stereocenters. The minimum absolute atomic E-state index is 0.00251. The lowest BCUT2D eigenvalue weighted by Crippen LogP contribution is -2.54. The van der Waals surface area contributed by atoms with Crippen molar-refractivity contribution in [2.75, 3.05) is 26.2 Å². The lowest BCUT2D eigenvalue weighted by Gasteiger charge is -2.39. The summed E-state index contributed by atoms with van der Waals surface area (Å²) in [6, 6.07) is -0.0906. The topological polar surface area (TPSA) is 52.6 Å². The van der Waals surface area contributed by atoms with Crippen molar-refractivity contribution >= 4 is 11.8 Å². The van der Waals surface area contributed by atoms with Crippen LogP contribution in [0.4, 0.5) is 0 Å². The molecule has 1 N–H and O–H groups in total. The Morgan fingerprint density at radius 3 is 2.70 bits per heavy atom. The van der Waals surface area contributed by atoms with Gasteiger partial charge in [-0.2, -0.15) is 0 Å². The van der Waals surface area contributed by atoms with Crippen LogP contribution in [0.2, 0.25) is 0 Å². The van der Waals surface area contributed by atoms with E-state index < -0.39 is 0 Å². The highest BCUT2D eigenvalue weighted by molar-refractivity contribution is 5.90. The van der Waals surface area contributed by atoms with Gasteiger partial charge in [0.05, 0.1) is 0 Å². The van der Waals surface area contributed by atoms with Crippen LogP contribution >= 0.6 is 0 Å². The Morgan fingerprint density at radius 1 is 1.30 bits per heavy atom. The minimum atomic E-state index is -0.359. The molecule has 2 amide bonds. The maximum Gasteiger partial charge on any atom is 0.245 e. The summed E-state index contributed by atoms with van der Waals surface area (Å²) in [5.41, 5.74) is 0. The van der Waals surface area contributed by atoms with Gasteiger partial charge in [0, 0.05) is 25.6 Å². The summed E-state index contributed by atoms with van der Waals surface area (Å²) in [5.74, 6) is 0.245. The van der Waals surface area contributed by atoms with Gasteiger partial charge in [0.2, 0.25) is 11.8 Å². The Morgan fingerprint density at radius 2 is 2.05 bits per heavy atom. The van der Waals surface area contributed by atoms with Crippen LogP contribution in [0.5, 0.6) is 0 Å². The van der Waals surface area contributed by atoms with E-state index in [-0.39, 0.29) is 29.8 Å². The third kappa shape index (κ3) is 3.32. The Bertz CT molecular complexity index is 370. The molecule has 2 aliphatic heterocycles. The minimum Gasteiger partial charge on any atom is -0.344 e. The monoisotopic (exact) mass is 281 g/mol. The number of nitrogens with zero attached hydrogens (tertiary/aromatic N) is 2. The van der Waals surface area contributed by atoms with Crippen LogP contribution in [0.3, 0.4) is 0 Å². The van der Waals surface area contributed by atoms with E-state index in [9.17, 15) is 9.59 Å². The fourth-order valence-electron chi connectivity index (χ4n) is 3.21. The number of carbonyl (C=O) groups excluding carboxylic acids is 2. The van der Waals surface area contributed by atoms with Crippen molar-refractivity contribution in [1.29, 1.82) is 0 Å². The molecule has 0 aromatic carbocycles. The number of likely N-dealkylation sites (tertiary alicyclic amines) is 1. The third-order valence-electron chi connectivity index (χ3n) is 4.48. The van der Waals surface area contributed by atoms with Crippen LogP contribution in [0.15, 0.2) is 0 Å². The molecule has 2 rings (SSSR count). The average Bonchev–Trinajstić information content (AvgIpc) is 2.58. The second kappa shape index (κ2) is 6.57. The maximum absolute atomic E-state index is 12.7. The van der Waals surface area contributed by atoms with Crippen molar-refractivity contribution in [1.82, 2.24) is 15.1 Å². The van der Waals surface area contributed by atoms with Gasteiger partial charge in [-0.15, -0.1) is 0 Å². The molecule has 0 saturated carbocycles. The van der Waals surface area contributed by atoms with E-state index in [0.717, 1.165) is 32.5 Å². The molecule has 2 heterocycles. The number of amides is 2. The van der Waals surface area contributed by atoms with E-state index in [4.69, 9.17) is 0 Å². The maximum atomic E-state index is 12.7. The van der Waals surface area contributed by atoms with Crippen molar-refractivity contribution in [3.63, 3.8) is 0 Å². The fourth-order valence-corrected chi connectivity index (χ4v) is 3.21. The smallest absolute Gasteiger partial charge is 0.245 e. The van der Waals surface area contributed by atoms with Crippen LogP contribution in [0.25, 0.3) is 0 Å². The van der Waals surface area contributed by atoms with Gasteiger partial charge in [-0.05, 0) is 31.8 Å². The molecule has 0 aromatic heterocycles. The van der Waals surface area contributed by atoms with Crippen LogP contribution in [-0.4, -0.2) is 59.9 Å². The Labute approximate surface area is 121 Å². The van der Waals surface area contributed by atoms with E-state index in [1.165, 1.54) is 0 Å². The van der Waals surface area contributed by atoms with Crippen LogP contribution in [0.1, 0.15) is 40.0 Å². The Balaban J connectivity index is 2.12. The highest BCUT2D eigenvalue weighted by Crippen LogP contribution is 2.20. The Kier molecular flexibility index (Phi) is 5.02. The molecule has 2 fully saturated rings. The lowest BCUT2D eigenvalue weighted by atomic mass is 9.99. The first kappa shape index (κ1) is 15.3. The highest BCUT2D eigenvalue weighted by Gasteiger charge is 2.36. The van der Waals surface area contributed by atoms with E-state index >= 15 is 0 Å². The normalized spacial score (nSPS) is 29.5. The zero-order valence-corrected chi connectivity index (χ0v) is 12.9. The van der Waals surface area contributed by atoms with Crippen molar-refractivity contribution < 1.29 is 9.59 Å². The van der Waals surface area contributed by atoms with Crippen molar-refractivity contribution in [2.45, 2.75) is 52.1 Å². The molecule has 0 aliphatic carbocycles. The van der Waals surface area contributed by atoms with E-state index in [2.05, 4.69) is 17.1 Å². The number of nitrogens with one attached hydrogen (secondary N) is 1. The summed E-state index contributed by atoms with van der Waals surface area (Å²) in [4.78, 5) is 28.9. The van der Waals surface area contributed by atoms with Gasteiger partial charge in [-0.25, -0.2) is 0 Å². The van der Waals surface area contributed by atoms with Gasteiger partial charge in [0.15, 0.2) is 0 Å². The zero-order chi connectivity index (χ0) is 14.7. The molecular formula is C15H27N3O2. The van der Waals surface area contributed by atoms with Gasteiger partial charge in [-0.1, -0.05) is 20.8 Å². The molecule has 0 aromatic rings. The van der Waals surface area contributed by atoms with E-state index in [0.29, 0.717) is 13.0 Å². The quantitative estimate of drug-likeness (QED) is 0.834. The zero-order valence-electron chi connectivity index (χ0n) is 12.9. The molecule has 114 valence electrons. The molecule has 0 bridgehead atoms. The predicted molar refractivity (Wildman–Crippen MR) is 78.2 cm³/mol. The summed E-state index contributed by atoms with van der Waals surface area (Å²) in [6.07, 6.45) is 2.62. The summed E-state index contributed by atoms with van der Waals surface area (Å²) in [7, 11) is 0.